The van der Waals surface area contributed by atoms with Crippen LogP contribution in [0.15, 0.2) is 54.6 Å². The van der Waals surface area contributed by atoms with Crippen LogP contribution in [-0.4, -0.2) is 28.4 Å². The number of methoxy groups -OCH3 is 1. The SMILES string of the molecule is COc1ccc(-n2nnc(C=O)c2CCc2ccccc2)cc1. The summed E-state index contributed by atoms with van der Waals surface area (Å²) in [5.41, 5.74) is 3.27. The molecule has 1 aromatic heterocycles. The molecular weight excluding hydrogens is 290 g/mol. The Labute approximate surface area is 134 Å². The van der Waals surface area contributed by atoms with Crippen LogP contribution in [-0.2, 0) is 12.8 Å². The molecule has 0 amide bonds. The summed E-state index contributed by atoms with van der Waals surface area (Å²) in [4.78, 5) is 11.2. The molecule has 5 heteroatoms. The molecule has 1 heterocycles. The summed E-state index contributed by atoms with van der Waals surface area (Å²) in [6, 6.07) is 17.7. The largest absolute Gasteiger partial charge is 0.497 e. The zero-order valence-electron chi connectivity index (χ0n) is 12.8. The molecule has 0 unspecified atom stereocenters. The van der Waals surface area contributed by atoms with Gasteiger partial charge in [0.05, 0.1) is 18.5 Å². The van der Waals surface area contributed by atoms with E-state index in [2.05, 4.69) is 22.4 Å². The molecule has 0 aliphatic heterocycles. The number of hydrogen-bond acceptors (Lipinski definition) is 4. The van der Waals surface area contributed by atoms with Gasteiger partial charge in [-0.3, -0.25) is 4.79 Å². The van der Waals surface area contributed by atoms with Crippen LogP contribution in [0.25, 0.3) is 5.69 Å². The van der Waals surface area contributed by atoms with Crippen molar-refractivity contribution in [2.75, 3.05) is 7.11 Å². The summed E-state index contributed by atoms with van der Waals surface area (Å²) in [5.74, 6) is 0.773. The molecule has 23 heavy (non-hydrogen) atoms. The molecule has 0 N–H and O–H groups in total. The molecule has 116 valence electrons. The Morgan fingerprint density at radius 3 is 2.43 bits per heavy atom. The fraction of sp³-hybridized carbons (Fsp3) is 0.167. The van der Waals surface area contributed by atoms with Crippen molar-refractivity contribution in [3.8, 4) is 11.4 Å². The third-order valence-corrected chi connectivity index (χ3v) is 3.72. The highest BCUT2D eigenvalue weighted by molar-refractivity contribution is 5.73. The lowest BCUT2D eigenvalue weighted by Gasteiger charge is -2.08. The fourth-order valence-corrected chi connectivity index (χ4v) is 2.48. The van der Waals surface area contributed by atoms with Crippen LogP contribution in [0.4, 0.5) is 0 Å². The highest BCUT2D eigenvalue weighted by Crippen LogP contribution is 2.18. The maximum absolute atomic E-state index is 11.2. The van der Waals surface area contributed by atoms with Crippen LogP contribution in [0.3, 0.4) is 0 Å². The molecule has 0 fully saturated rings. The van der Waals surface area contributed by atoms with Crippen LogP contribution >= 0.6 is 0 Å². The van der Waals surface area contributed by atoms with Gasteiger partial charge in [-0.05, 0) is 42.7 Å². The highest BCUT2D eigenvalue weighted by Gasteiger charge is 2.13. The molecule has 0 saturated heterocycles. The molecule has 5 nitrogen and oxygen atoms in total. The average Bonchev–Trinajstić information content (AvgIpc) is 3.04. The normalized spacial score (nSPS) is 10.5. The Morgan fingerprint density at radius 1 is 1.04 bits per heavy atom. The molecule has 0 spiro atoms. The Bertz CT molecular complexity index is 780. The van der Waals surface area contributed by atoms with Gasteiger partial charge in [-0.1, -0.05) is 35.5 Å². The van der Waals surface area contributed by atoms with E-state index >= 15 is 0 Å². The summed E-state index contributed by atoms with van der Waals surface area (Å²) < 4.78 is 6.88. The van der Waals surface area contributed by atoms with Gasteiger partial charge in [0.2, 0.25) is 0 Å². The van der Waals surface area contributed by atoms with Gasteiger partial charge >= 0.3 is 0 Å². The van der Waals surface area contributed by atoms with Gasteiger partial charge in [0.25, 0.3) is 0 Å². The first kappa shape index (κ1) is 15.0. The van der Waals surface area contributed by atoms with E-state index in [1.807, 2.05) is 42.5 Å². The molecule has 0 aliphatic carbocycles. The number of hydrogen-bond donors (Lipinski definition) is 0. The smallest absolute Gasteiger partial charge is 0.172 e. The predicted octanol–water partition coefficient (Wildman–Crippen LogP) is 2.87. The minimum atomic E-state index is 0.386. The predicted molar refractivity (Wildman–Crippen MR) is 87.1 cm³/mol. The maximum Gasteiger partial charge on any atom is 0.172 e. The van der Waals surface area contributed by atoms with E-state index in [1.54, 1.807) is 11.8 Å². The van der Waals surface area contributed by atoms with Crippen molar-refractivity contribution < 1.29 is 9.53 Å². The number of aromatic nitrogens is 3. The molecule has 0 aliphatic rings. The number of carbonyl (C=O) groups excluding carboxylic acids is 1. The lowest BCUT2D eigenvalue weighted by atomic mass is 10.1. The molecule has 0 saturated carbocycles. The van der Waals surface area contributed by atoms with Gasteiger partial charge in [-0.25, -0.2) is 4.68 Å². The molecule has 3 rings (SSSR count). The van der Waals surface area contributed by atoms with Crippen LogP contribution < -0.4 is 4.74 Å². The second kappa shape index (κ2) is 6.87. The lowest BCUT2D eigenvalue weighted by molar-refractivity contribution is 0.111. The van der Waals surface area contributed by atoms with Crippen molar-refractivity contribution in [1.29, 1.82) is 0 Å². The number of benzene rings is 2. The van der Waals surface area contributed by atoms with E-state index in [4.69, 9.17) is 4.74 Å². The Morgan fingerprint density at radius 2 is 1.78 bits per heavy atom. The molecule has 2 aromatic carbocycles. The van der Waals surface area contributed by atoms with Gasteiger partial charge in [0.1, 0.15) is 11.4 Å². The number of aryl methyl sites for hydroxylation is 1. The maximum atomic E-state index is 11.2. The molecular formula is C18H17N3O2. The molecule has 0 bridgehead atoms. The number of aldehydes is 1. The summed E-state index contributed by atoms with van der Waals surface area (Å²) in [6.07, 6.45) is 2.27. The van der Waals surface area contributed by atoms with Crippen LogP contribution in [0.5, 0.6) is 5.75 Å². The zero-order valence-corrected chi connectivity index (χ0v) is 12.8. The van der Waals surface area contributed by atoms with Crippen molar-refractivity contribution in [3.05, 3.63) is 71.5 Å². The van der Waals surface area contributed by atoms with Crippen LogP contribution in [0.1, 0.15) is 21.7 Å². The van der Waals surface area contributed by atoms with Gasteiger partial charge in [0, 0.05) is 0 Å². The van der Waals surface area contributed by atoms with Crippen molar-refractivity contribution in [1.82, 2.24) is 15.0 Å². The summed E-state index contributed by atoms with van der Waals surface area (Å²) >= 11 is 0. The first-order chi connectivity index (χ1) is 11.3. The fourth-order valence-electron chi connectivity index (χ4n) is 2.48. The van der Waals surface area contributed by atoms with Crippen molar-refractivity contribution in [3.63, 3.8) is 0 Å². The number of carbonyl (C=O) groups is 1. The van der Waals surface area contributed by atoms with Crippen molar-refractivity contribution in [2.45, 2.75) is 12.8 Å². The van der Waals surface area contributed by atoms with Gasteiger partial charge in [0.15, 0.2) is 6.29 Å². The van der Waals surface area contributed by atoms with Crippen LogP contribution in [0, 0.1) is 0 Å². The number of ether oxygens (including phenoxy) is 1. The standard InChI is InChI=1S/C18H17N3O2/c1-23-16-10-8-15(9-11-16)21-18(17(13-22)19-20-21)12-7-14-5-3-2-4-6-14/h2-6,8-11,13H,7,12H2,1H3. The first-order valence-corrected chi connectivity index (χ1v) is 7.40. The third-order valence-electron chi connectivity index (χ3n) is 3.72. The van der Waals surface area contributed by atoms with E-state index in [0.29, 0.717) is 12.1 Å². The van der Waals surface area contributed by atoms with Gasteiger partial charge < -0.3 is 4.74 Å². The monoisotopic (exact) mass is 307 g/mol. The first-order valence-electron chi connectivity index (χ1n) is 7.40. The Hall–Kier alpha value is -2.95. The Balaban J connectivity index is 1.88. The Kier molecular flexibility index (Phi) is 4.47. The highest BCUT2D eigenvalue weighted by atomic mass is 16.5. The molecule has 3 aromatic rings. The summed E-state index contributed by atoms with van der Waals surface area (Å²) in [6.45, 7) is 0. The topological polar surface area (TPSA) is 57.0 Å². The summed E-state index contributed by atoms with van der Waals surface area (Å²) in [5, 5.41) is 8.10. The minimum absolute atomic E-state index is 0.386. The summed E-state index contributed by atoms with van der Waals surface area (Å²) in [7, 11) is 1.63. The number of rotatable bonds is 6. The lowest BCUT2D eigenvalue weighted by Crippen LogP contribution is -2.05. The van der Waals surface area contributed by atoms with E-state index in [1.165, 1.54) is 5.56 Å². The van der Waals surface area contributed by atoms with E-state index in [0.717, 1.165) is 29.8 Å². The quantitative estimate of drug-likeness (QED) is 0.657. The second-order valence-electron chi connectivity index (χ2n) is 5.13. The minimum Gasteiger partial charge on any atom is -0.497 e. The van der Waals surface area contributed by atoms with Gasteiger partial charge in [-0.15, -0.1) is 5.10 Å². The van der Waals surface area contributed by atoms with E-state index < -0.39 is 0 Å². The molecule has 0 radical (unpaired) electrons. The van der Waals surface area contributed by atoms with E-state index in [-0.39, 0.29) is 0 Å². The molecule has 0 atom stereocenters. The van der Waals surface area contributed by atoms with Gasteiger partial charge in [-0.2, -0.15) is 0 Å². The van der Waals surface area contributed by atoms with Crippen molar-refractivity contribution >= 4 is 6.29 Å². The van der Waals surface area contributed by atoms with Crippen LogP contribution in [0.2, 0.25) is 0 Å². The van der Waals surface area contributed by atoms with E-state index in [9.17, 15) is 4.79 Å². The zero-order chi connectivity index (χ0) is 16.1. The second-order valence-corrected chi connectivity index (χ2v) is 5.13. The van der Waals surface area contributed by atoms with Crippen molar-refractivity contribution in [2.24, 2.45) is 0 Å². The average molecular weight is 307 g/mol. The third kappa shape index (κ3) is 3.29. The number of nitrogens with zero attached hydrogens (tertiary/aromatic N) is 3.